The van der Waals surface area contributed by atoms with E-state index in [1.807, 2.05) is 0 Å². The fraction of sp³-hybridized carbons (Fsp3) is 0.111. The summed E-state index contributed by atoms with van der Waals surface area (Å²) >= 11 is 3.20. The molecule has 0 fully saturated rings. The first-order valence-electron chi connectivity index (χ1n) is 4.49. The Bertz CT molecular complexity index is 484. The van der Waals surface area contributed by atoms with E-state index in [4.69, 9.17) is 0 Å². The second-order valence-electron chi connectivity index (χ2n) is 2.98. The zero-order valence-corrected chi connectivity index (χ0v) is 9.73. The Kier molecular flexibility index (Phi) is 3.25. The van der Waals surface area contributed by atoms with Gasteiger partial charge in [0.1, 0.15) is 16.8 Å². The summed E-state index contributed by atoms with van der Waals surface area (Å²) < 4.78 is 0.625. The van der Waals surface area contributed by atoms with Gasteiger partial charge in [0.05, 0.1) is 6.54 Å². The number of pyridine rings is 1. The van der Waals surface area contributed by atoms with Gasteiger partial charge in [0, 0.05) is 11.8 Å². The predicted octanol–water partition coefficient (Wildman–Crippen LogP) is 0.892. The summed E-state index contributed by atoms with van der Waals surface area (Å²) in [7, 11) is 0. The molecule has 0 aliphatic heterocycles. The van der Waals surface area contributed by atoms with Crippen molar-refractivity contribution >= 4 is 21.8 Å². The minimum atomic E-state index is -0.181. The Hall–Kier alpha value is -1.76. The monoisotopic (exact) mass is 281 g/mol. The Morgan fingerprint density at radius 1 is 1.50 bits per heavy atom. The molecule has 0 bridgehead atoms. The number of hydrogen-bond donors (Lipinski definition) is 2. The molecule has 1 amide bonds. The number of hydrogen-bond acceptors (Lipinski definition) is 4. The number of rotatable bonds is 3. The molecule has 0 radical (unpaired) electrons. The first kappa shape index (κ1) is 10.7. The van der Waals surface area contributed by atoms with Crippen molar-refractivity contribution in [3.05, 3.63) is 40.6 Å². The third kappa shape index (κ3) is 2.63. The Morgan fingerprint density at radius 3 is 3.06 bits per heavy atom. The van der Waals surface area contributed by atoms with Crippen molar-refractivity contribution in [2.24, 2.45) is 0 Å². The molecule has 16 heavy (non-hydrogen) atoms. The lowest BCUT2D eigenvalue weighted by Crippen LogP contribution is -2.23. The molecule has 0 aromatic carbocycles. The van der Waals surface area contributed by atoms with Crippen LogP contribution in [0.25, 0.3) is 0 Å². The zero-order chi connectivity index (χ0) is 11.4. The fourth-order valence-electron chi connectivity index (χ4n) is 1.13. The van der Waals surface area contributed by atoms with Crippen molar-refractivity contribution < 1.29 is 4.79 Å². The molecule has 0 spiro atoms. The zero-order valence-electron chi connectivity index (χ0n) is 8.14. The minimum absolute atomic E-state index is 0.181. The van der Waals surface area contributed by atoms with Gasteiger partial charge in [-0.15, -0.1) is 0 Å². The molecule has 2 heterocycles. The molecule has 2 aromatic rings. The lowest BCUT2D eigenvalue weighted by Gasteiger charge is -2.02. The van der Waals surface area contributed by atoms with E-state index < -0.39 is 0 Å². The van der Waals surface area contributed by atoms with Gasteiger partial charge in [0.2, 0.25) is 0 Å². The molecule has 2 aromatic heterocycles. The summed E-state index contributed by atoms with van der Waals surface area (Å²) in [6, 6.07) is 3.29. The summed E-state index contributed by atoms with van der Waals surface area (Å²) in [6.07, 6.45) is 2.96. The summed E-state index contributed by atoms with van der Waals surface area (Å²) in [5.41, 5.74) is 0.543. The van der Waals surface area contributed by atoms with Crippen LogP contribution in [0.2, 0.25) is 0 Å². The summed E-state index contributed by atoms with van der Waals surface area (Å²) in [5.74, 6) is 0.431. The molecule has 82 valence electrons. The van der Waals surface area contributed by atoms with Gasteiger partial charge in [-0.1, -0.05) is 0 Å². The summed E-state index contributed by atoms with van der Waals surface area (Å²) in [5, 5.41) is 9.05. The first-order chi connectivity index (χ1) is 7.75. The highest BCUT2D eigenvalue weighted by Gasteiger charge is 2.06. The van der Waals surface area contributed by atoms with Crippen LogP contribution in [0.4, 0.5) is 0 Å². The van der Waals surface area contributed by atoms with Crippen LogP contribution in [-0.2, 0) is 6.54 Å². The van der Waals surface area contributed by atoms with Crippen LogP contribution < -0.4 is 5.32 Å². The molecule has 2 N–H and O–H groups in total. The van der Waals surface area contributed by atoms with Crippen molar-refractivity contribution in [2.75, 3.05) is 0 Å². The van der Waals surface area contributed by atoms with Crippen molar-refractivity contribution in [1.82, 2.24) is 25.5 Å². The second kappa shape index (κ2) is 4.84. The molecule has 6 nitrogen and oxygen atoms in total. The number of nitrogens with zero attached hydrogens (tertiary/aromatic N) is 3. The van der Waals surface area contributed by atoms with Gasteiger partial charge >= 0.3 is 0 Å². The first-order valence-corrected chi connectivity index (χ1v) is 5.29. The van der Waals surface area contributed by atoms with Crippen LogP contribution >= 0.6 is 15.9 Å². The Labute approximate surface area is 99.6 Å². The van der Waals surface area contributed by atoms with Gasteiger partial charge in [0.25, 0.3) is 5.91 Å². The molecule has 7 heteroatoms. The lowest BCUT2D eigenvalue weighted by molar-refractivity contribution is 0.0949. The number of carbonyl (C=O) groups excluding carboxylic acids is 1. The molecular weight excluding hydrogens is 274 g/mol. The normalized spacial score (nSPS) is 10.1. The maximum Gasteiger partial charge on any atom is 0.251 e. The number of H-pyrrole nitrogens is 1. The highest BCUT2D eigenvalue weighted by Crippen LogP contribution is 2.07. The van der Waals surface area contributed by atoms with Gasteiger partial charge < -0.3 is 5.32 Å². The van der Waals surface area contributed by atoms with E-state index in [0.29, 0.717) is 22.5 Å². The summed E-state index contributed by atoms with van der Waals surface area (Å²) in [4.78, 5) is 19.5. The summed E-state index contributed by atoms with van der Waals surface area (Å²) in [6.45, 7) is 0.318. The van der Waals surface area contributed by atoms with Crippen LogP contribution in [0, 0.1) is 0 Å². The van der Waals surface area contributed by atoms with E-state index >= 15 is 0 Å². The molecule has 0 saturated carbocycles. The van der Waals surface area contributed by atoms with Crippen molar-refractivity contribution in [1.29, 1.82) is 0 Å². The van der Waals surface area contributed by atoms with E-state index in [0.717, 1.165) is 0 Å². The van der Waals surface area contributed by atoms with E-state index in [-0.39, 0.29) is 5.91 Å². The standard InChI is InChI=1S/C9H8BrN5O/c10-7-3-6(1-2-11-7)9(16)12-4-8-13-5-14-15-8/h1-3,5H,4H2,(H,12,16)(H,13,14,15). The van der Waals surface area contributed by atoms with E-state index in [9.17, 15) is 4.79 Å². The number of aromatic nitrogens is 4. The Morgan fingerprint density at radius 2 is 2.38 bits per heavy atom. The average molecular weight is 282 g/mol. The molecule has 2 rings (SSSR count). The highest BCUT2D eigenvalue weighted by atomic mass is 79.9. The molecule has 0 atom stereocenters. The van der Waals surface area contributed by atoms with Crippen LogP contribution in [0.1, 0.15) is 16.2 Å². The third-order valence-electron chi connectivity index (χ3n) is 1.87. The van der Waals surface area contributed by atoms with Gasteiger partial charge in [-0.2, -0.15) is 5.10 Å². The number of carbonyl (C=O) groups is 1. The van der Waals surface area contributed by atoms with Crippen molar-refractivity contribution in [2.45, 2.75) is 6.54 Å². The predicted molar refractivity (Wildman–Crippen MR) is 59.5 cm³/mol. The highest BCUT2D eigenvalue weighted by molar-refractivity contribution is 9.10. The lowest BCUT2D eigenvalue weighted by atomic mass is 10.2. The van der Waals surface area contributed by atoms with Crippen LogP contribution in [0.5, 0.6) is 0 Å². The third-order valence-corrected chi connectivity index (χ3v) is 2.30. The smallest absolute Gasteiger partial charge is 0.251 e. The number of aromatic amines is 1. The molecule has 0 saturated heterocycles. The van der Waals surface area contributed by atoms with Gasteiger partial charge in [0.15, 0.2) is 0 Å². The number of halogens is 1. The van der Waals surface area contributed by atoms with Crippen molar-refractivity contribution in [3.8, 4) is 0 Å². The molecular formula is C9H8BrN5O. The van der Waals surface area contributed by atoms with E-state index in [2.05, 4.69) is 41.4 Å². The van der Waals surface area contributed by atoms with E-state index in [1.54, 1.807) is 18.3 Å². The average Bonchev–Trinajstić information content (AvgIpc) is 2.78. The van der Waals surface area contributed by atoms with Gasteiger partial charge in [-0.25, -0.2) is 9.97 Å². The topological polar surface area (TPSA) is 83.6 Å². The SMILES string of the molecule is O=C(NCc1ncn[nH]1)c1ccnc(Br)c1. The maximum atomic E-state index is 11.7. The molecule has 0 aliphatic carbocycles. The number of nitrogens with one attached hydrogen (secondary N) is 2. The van der Waals surface area contributed by atoms with Gasteiger partial charge in [-0.05, 0) is 28.1 Å². The van der Waals surface area contributed by atoms with Crippen molar-refractivity contribution in [3.63, 3.8) is 0 Å². The minimum Gasteiger partial charge on any atom is -0.345 e. The largest absolute Gasteiger partial charge is 0.345 e. The second-order valence-corrected chi connectivity index (χ2v) is 3.79. The maximum absolute atomic E-state index is 11.7. The quantitative estimate of drug-likeness (QED) is 0.819. The van der Waals surface area contributed by atoms with Crippen LogP contribution in [0.15, 0.2) is 29.3 Å². The number of amides is 1. The molecule has 0 unspecified atom stereocenters. The van der Waals surface area contributed by atoms with E-state index in [1.165, 1.54) is 6.33 Å². The van der Waals surface area contributed by atoms with Crippen LogP contribution in [-0.4, -0.2) is 26.1 Å². The molecule has 0 aliphatic rings. The van der Waals surface area contributed by atoms with Crippen LogP contribution in [0.3, 0.4) is 0 Å². The van der Waals surface area contributed by atoms with Gasteiger partial charge in [-0.3, -0.25) is 9.89 Å². The fourth-order valence-corrected chi connectivity index (χ4v) is 1.49. The Balaban J connectivity index is 1.98.